The van der Waals surface area contributed by atoms with Gasteiger partial charge in [-0.2, -0.15) is 0 Å². The van der Waals surface area contributed by atoms with Gasteiger partial charge < -0.3 is 20.6 Å². The summed E-state index contributed by atoms with van der Waals surface area (Å²) >= 11 is 0. The first-order valence-electron chi connectivity index (χ1n) is 7.03. The van der Waals surface area contributed by atoms with Crippen LogP contribution in [-0.2, 0) is 4.79 Å². The molecule has 0 fully saturated rings. The van der Waals surface area contributed by atoms with E-state index < -0.39 is 5.97 Å². The fourth-order valence-corrected chi connectivity index (χ4v) is 2.03. The van der Waals surface area contributed by atoms with Gasteiger partial charge in [-0.25, -0.2) is 4.79 Å². The topological polar surface area (TPSA) is 81.7 Å². The van der Waals surface area contributed by atoms with Crippen LogP contribution in [0.15, 0.2) is 0 Å². The molecule has 1 atom stereocenters. The molecule has 0 bridgehead atoms. The number of carbonyl (C=O) groups excluding carboxylic acids is 1. The summed E-state index contributed by atoms with van der Waals surface area (Å²) in [4.78, 5) is 24.3. The van der Waals surface area contributed by atoms with Crippen molar-refractivity contribution < 1.29 is 14.7 Å². The van der Waals surface area contributed by atoms with E-state index in [4.69, 9.17) is 5.11 Å². The molecule has 1 unspecified atom stereocenters. The monoisotopic (exact) mass is 287 g/mol. The van der Waals surface area contributed by atoms with Gasteiger partial charge in [-0.05, 0) is 32.4 Å². The molecule has 0 rings (SSSR count). The lowest BCUT2D eigenvalue weighted by Crippen LogP contribution is -2.44. The molecule has 6 nitrogen and oxygen atoms in total. The van der Waals surface area contributed by atoms with Crippen LogP contribution in [0.4, 0.5) is 4.79 Å². The summed E-state index contributed by atoms with van der Waals surface area (Å²) in [5, 5.41) is 14.3. The first kappa shape index (κ1) is 18.7. The average Bonchev–Trinajstić information content (AvgIpc) is 2.30. The summed E-state index contributed by atoms with van der Waals surface area (Å²) in [6.07, 6.45) is 1.24. The molecule has 118 valence electrons. The molecule has 0 saturated heterocycles. The summed E-state index contributed by atoms with van der Waals surface area (Å²) in [6.45, 7) is 7.86. The minimum Gasteiger partial charge on any atom is -0.481 e. The molecule has 3 N–H and O–H groups in total. The van der Waals surface area contributed by atoms with Crippen molar-refractivity contribution in [1.82, 2.24) is 15.5 Å². The van der Waals surface area contributed by atoms with Crippen LogP contribution in [-0.4, -0.2) is 55.7 Å². The molecule has 0 heterocycles. The lowest BCUT2D eigenvalue weighted by molar-refractivity contribution is -0.141. The molecule has 0 aromatic rings. The van der Waals surface area contributed by atoms with E-state index in [-0.39, 0.29) is 17.4 Å². The van der Waals surface area contributed by atoms with Crippen molar-refractivity contribution in [3.63, 3.8) is 0 Å². The van der Waals surface area contributed by atoms with Gasteiger partial charge in [0.25, 0.3) is 0 Å². The second-order valence-corrected chi connectivity index (χ2v) is 6.39. The smallest absolute Gasteiger partial charge is 0.314 e. The third-order valence-corrected chi connectivity index (χ3v) is 2.99. The molecule has 6 heteroatoms. The standard InChI is InChI=1S/C14H29N3O3/c1-11(12(18)19)7-6-8-15-13(20)16-9-14(2,3)10-17(4)5/h11H,6-10H2,1-5H3,(H,18,19)(H2,15,16,20). The van der Waals surface area contributed by atoms with Crippen LogP contribution in [0.25, 0.3) is 0 Å². The Balaban J connectivity index is 3.77. The van der Waals surface area contributed by atoms with E-state index in [2.05, 4.69) is 29.4 Å². The Kier molecular flexibility index (Phi) is 8.22. The number of carboxylic acid groups (broad SMARTS) is 1. The molecule has 0 aromatic heterocycles. The third-order valence-electron chi connectivity index (χ3n) is 2.99. The molecule has 0 spiro atoms. The molecule has 0 aliphatic heterocycles. The largest absolute Gasteiger partial charge is 0.481 e. The zero-order valence-corrected chi connectivity index (χ0v) is 13.3. The van der Waals surface area contributed by atoms with Gasteiger partial charge in [0.05, 0.1) is 5.92 Å². The maximum Gasteiger partial charge on any atom is 0.314 e. The van der Waals surface area contributed by atoms with Crippen molar-refractivity contribution >= 4 is 12.0 Å². The van der Waals surface area contributed by atoms with Gasteiger partial charge >= 0.3 is 12.0 Å². The molecule has 0 radical (unpaired) electrons. The van der Waals surface area contributed by atoms with Gasteiger partial charge in [0.2, 0.25) is 0 Å². The number of hydrogen-bond donors (Lipinski definition) is 3. The molecule has 0 aromatic carbocycles. The van der Waals surface area contributed by atoms with Gasteiger partial charge in [-0.1, -0.05) is 20.8 Å². The number of nitrogens with zero attached hydrogens (tertiary/aromatic N) is 1. The van der Waals surface area contributed by atoms with Gasteiger partial charge in [-0.3, -0.25) is 4.79 Å². The Bertz CT molecular complexity index is 317. The predicted molar refractivity (Wildman–Crippen MR) is 79.8 cm³/mol. The molecular weight excluding hydrogens is 258 g/mol. The Labute approximate surface area is 121 Å². The van der Waals surface area contributed by atoms with Gasteiger partial charge in [0, 0.05) is 19.6 Å². The molecular formula is C14H29N3O3. The van der Waals surface area contributed by atoms with E-state index in [1.54, 1.807) is 6.92 Å². The number of amides is 2. The number of carbonyl (C=O) groups is 2. The van der Waals surface area contributed by atoms with Crippen LogP contribution in [0.3, 0.4) is 0 Å². The average molecular weight is 287 g/mol. The number of hydrogen-bond acceptors (Lipinski definition) is 3. The highest BCUT2D eigenvalue weighted by molar-refractivity contribution is 5.73. The maximum atomic E-state index is 11.6. The van der Waals surface area contributed by atoms with Crippen molar-refractivity contribution in [3.8, 4) is 0 Å². The zero-order chi connectivity index (χ0) is 15.8. The Morgan fingerprint density at radius 2 is 1.85 bits per heavy atom. The Hall–Kier alpha value is -1.30. The van der Waals surface area contributed by atoms with Gasteiger partial charge in [0.15, 0.2) is 0 Å². The number of urea groups is 1. The third kappa shape index (κ3) is 9.61. The summed E-state index contributed by atoms with van der Waals surface area (Å²) in [5.74, 6) is -1.15. The SMILES string of the molecule is CC(CCCNC(=O)NCC(C)(C)CN(C)C)C(=O)O. The Morgan fingerprint density at radius 3 is 2.35 bits per heavy atom. The fraction of sp³-hybridized carbons (Fsp3) is 0.857. The number of rotatable bonds is 9. The van der Waals surface area contributed by atoms with Crippen molar-refractivity contribution in [2.75, 3.05) is 33.7 Å². The van der Waals surface area contributed by atoms with Crippen molar-refractivity contribution in [2.45, 2.75) is 33.6 Å². The molecule has 2 amide bonds. The summed E-state index contributed by atoms with van der Waals surface area (Å²) in [6, 6.07) is -0.195. The van der Waals surface area contributed by atoms with Crippen LogP contribution in [0.2, 0.25) is 0 Å². The van der Waals surface area contributed by atoms with Gasteiger partial charge in [0.1, 0.15) is 0 Å². The highest BCUT2D eigenvalue weighted by Gasteiger charge is 2.19. The van der Waals surface area contributed by atoms with Gasteiger partial charge in [-0.15, -0.1) is 0 Å². The zero-order valence-electron chi connectivity index (χ0n) is 13.3. The lowest BCUT2D eigenvalue weighted by Gasteiger charge is -2.28. The van der Waals surface area contributed by atoms with Crippen LogP contribution >= 0.6 is 0 Å². The van der Waals surface area contributed by atoms with Crippen LogP contribution in [0.5, 0.6) is 0 Å². The molecule has 20 heavy (non-hydrogen) atoms. The van der Waals surface area contributed by atoms with Crippen molar-refractivity contribution in [3.05, 3.63) is 0 Å². The highest BCUT2D eigenvalue weighted by Crippen LogP contribution is 2.13. The van der Waals surface area contributed by atoms with Crippen molar-refractivity contribution in [1.29, 1.82) is 0 Å². The first-order valence-corrected chi connectivity index (χ1v) is 7.03. The van der Waals surface area contributed by atoms with Crippen LogP contribution < -0.4 is 10.6 Å². The normalized spacial score (nSPS) is 13.1. The lowest BCUT2D eigenvalue weighted by atomic mass is 9.93. The van der Waals surface area contributed by atoms with Crippen LogP contribution in [0.1, 0.15) is 33.6 Å². The molecule has 0 saturated carbocycles. The van der Waals surface area contributed by atoms with E-state index >= 15 is 0 Å². The van der Waals surface area contributed by atoms with E-state index in [9.17, 15) is 9.59 Å². The Morgan fingerprint density at radius 1 is 1.25 bits per heavy atom. The molecule has 0 aliphatic carbocycles. The number of aliphatic carboxylic acids is 1. The molecule has 0 aliphatic rings. The summed E-state index contributed by atoms with van der Waals surface area (Å²) in [5.41, 5.74) is 0.0126. The fourth-order valence-electron chi connectivity index (χ4n) is 2.03. The first-order chi connectivity index (χ1) is 9.14. The van der Waals surface area contributed by atoms with E-state index in [1.807, 2.05) is 14.1 Å². The van der Waals surface area contributed by atoms with Crippen molar-refractivity contribution in [2.24, 2.45) is 11.3 Å². The minimum atomic E-state index is -0.792. The van der Waals surface area contributed by atoms with E-state index in [0.717, 1.165) is 6.54 Å². The maximum absolute atomic E-state index is 11.6. The highest BCUT2D eigenvalue weighted by atomic mass is 16.4. The van der Waals surface area contributed by atoms with E-state index in [1.165, 1.54) is 0 Å². The number of nitrogens with one attached hydrogen (secondary N) is 2. The predicted octanol–water partition coefficient (Wildman–Crippen LogP) is 1.37. The van der Waals surface area contributed by atoms with E-state index in [0.29, 0.717) is 25.9 Å². The summed E-state index contributed by atoms with van der Waals surface area (Å²) in [7, 11) is 4.01. The second-order valence-electron chi connectivity index (χ2n) is 6.39. The minimum absolute atomic E-state index is 0.0126. The second kappa shape index (κ2) is 8.79. The number of carboxylic acids is 1. The summed E-state index contributed by atoms with van der Waals surface area (Å²) < 4.78 is 0. The quantitative estimate of drug-likeness (QED) is 0.560. The van der Waals surface area contributed by atoms with Crippen LogP contribution in [0, 0.1) is 11.3 Å².